The monoisotopic (exact) mass is 320 g/mol. The average Bonchev–Trinajstić information content (AvgIpc) is 2.90. The van der Waals surface area contributed by atoms with Crippen LogP contribution in [-0.2, 0) is 4.74 Å². The number of hydrogen-bond acceptors (Lipinski definition) is 7. The Bertz CT molecular complexity index is 660. The number of aromatic nitrogens is 4. The number of carbonyl (C=O) groups is 1. The molecule has 0 radical (unpaired) electrons. The maximum atomic E-state index is 12.1. The van der Waals surface area contributed by atoms with Gasteiger partial charge in [0.25, 0.3) is 5.95 Å². The first kappa shape index (κ1) is 16.7. The Morgan fingerprint density at radius 3 is 2.17 bits per heavy atom. The first-order chi connectivity index (χ1) is 11.1. The normalized spacial score (nSPS) is 10.4. The van der Waals surface area contributed by atoms with Gasteiger partial charge in [-0.1, -0.05) is 0 Å². The average molecular weight is 320 g/mol. The third kappa shape index (κ3) is 3.97. The van der Waals surface area contributed by atoms with Crippen molar-refractivity contribution < 1.29 is 19.0 Å². The van der Waals surface area contributed by atoms with Crippen molar-refractivity contribution in [3.05, 3.63) is 23.5 Å². The summed E-state index contributed by atoms with van der Waals surface area (Å²) >= 11 is 0. The van der Waals surface area contributed by atoms with Gasteiger partial charge in [0.15, 0.2) is 5.69 Å². The minimum atomic E-state index is -0.489. The second kappa shape index (κ2) is 7.57. The highest BCUT2D eigenvalue weighted by molar-refractivity contribution is 5.88. The number of hydrogen-bond donors (Lipinski definition) is 0. The van der Waals surface area contributed by atoms with E-state index < -0.39 is 5.97 Å². The number of rotatable bonds is 7. The van der Waals surface area contributed by atoms with E-state index in [0.29, 0.717) is 30.7 Å². The topological polar surface area (TPSA) is 88.4 Å². The zero-order valence-corrected chi connectivity index (χ0v) is 13.7. The van der Waals surface area contributed by atoms with Crippen LogP contribution in [0.2, 0.25) is 0 Å². The van der Waals surface area contributed by atoms with Crippen molar-refractivity contribution in [3.63, 3.8) is 0 Å². The molecule has 0 atom stereocenters. The Labute approximate surface area is 134 Å². The molecule has 124 valence electrons. The smallest absolute Gasteiger partial charge is 0.357 e. The summed E-state index contributed by atoms with van der Waals surface area (Å²) in [5, 5.41) is 4.27. The summed E-state index contributed by atoms with van der Waals surface area (Å²) in [4.78, 5) is 20.6. The van der Waals surface area contributed by atoms with Crippen LogP contribution >= 0.6 is 0 Å². The molecule has 0 aliphatic rings. The SMILES string of the molecule is CCOC(=O)c1cc(C)nn1-c1nc(OCC)cc(OCC)n1. The summed E-state index contributed by atoms with van der Waals surface area (Å²) in [6.07, 6.45) is 0. The van der Waals surface area contributed by atoms with Crippen molar-refractivity contribution in [2.24, 2.45) is 0 Å². The molecule has 8 heteroatoms. The van der Waals surface area contributed by atoms with Crippen molar-refractivity contribution in [2.45, 2.75) is 27.7 Å². The van der Waals surface area contributed by atoms with Gasteiger partial charge in [0.2, 0.25) is 11.8 Å². The summed E-state index contributed by atoms with van der Waals surface area (Å²) in [6, 6.07) is 3.21. The Hall–Kier alpha value is -2.64. The summed E-state index contributed by atoms with van der Waals surface area (Å²) in [5.41, 5.74) is 0.900. The summed E-state index contributed by atoms with van der Waals surface area (Å²) in [7, 11) is 0. The van der Waals surface area contributed by atoms with Crippen LogP contribution in [0.4, 0.5) is 0 Å². The van der Waals surface area contributed by atoms with Gasteiger partial charge in [0, 0.05) is 0 Å². The van der Waals surface area contributed by atoms with Gasteiger partial charge in [-0.25, -0.2) is 4.79 Å². The molecule has 2 aromatic heterocycles. The first-order valence-electron chi connectivity index (χ1n) is 7.47. The Morgan fingerprint density at radius 1 is 1.04 bits per heavy atom. The fourth-order valence-corrected chi connectivity index (χ4v) is 1.93. The molecule has 0 spiro atoms. The van der Waals surface area contributed by atoms with Gasteiger partial charge in [-0.15, -0.1) is 0 Å². The Balaban J connectivity index is 2.50. The van der Waals surface area contributed by atoms with Gasteiger partial charge in [-0.05, 0) is 33.8 Å². The lowest BCUT2D eigenvalue weighted by molar-refractivity contribution is 0.0515. The van der Waals surface area contributed by atoms with Crippen LogP contribution in [0.15, 0.2) is 12.1 Å². The minimum Gasteiger partial charge on any atom is -0.478 e. The third-order valence-corrected chi connectivity index (χ3v) is 2.76. The van der Waals surface area contributed by atoms with Crippen LogP contribution in [0.1, 0.15) is 37.0 Å². The second-order valence-electron chi connectivity index (χ2n) is 4.51. The number of aryl methyl sites for hydroxylation is 1. The van der Waals surface area contributed by atoms with Crippen molar-refractivity contribution in [2.75, 3.05) is 19.8 Å². The van der Waals surface area contributed by atoms with Crippen molar-refractivity contribution >= 4 is 5.97 Å². The van der Waals surface area contributed by atoms with Crippen LogP contribution in [0.25, 0.3) is 5.95 Å². The molecule has 0 aliphatic carbocycles. The highest BCUT2D eigenvalue weighted by atomic mass is 16.5. The van der Waals surface area contributed by atoms with Gasteiger partial charge < -0.3 is 14.2 Å². The summed E-state index contributed by atoms with van der Waals surface area (Å²) in [5.74, 6) is 0.403. The molecule has 2 heterocycles. The molecule has 0 fully saturated rings. The van der Waals surface area contributed by atoms with Gasteiger partial charge in [-0.3, -0.25) is 0 Å². The molecular weight excluding hydrogens is 300 g/mol. The second-order valence-corrected chi connectivity index (χ2v) is 4.51. The molecule has 0 unspecified atom stereocenters. The summed E-state index contributed by atoms with van der Waals surface area (Å²) in [6.45, 7) is 8.39. The summed E-state index contributed by atoms with van der Waals surface area (Å²) < 4.78 is 17.2. The number of nitrogens with zero attached hydrogens (tertiary/aromatic N) is 4. The van der Waals surface area contributed by atoms with E-state index in [1.807, 2.05) is 13.8 Å². The predicted molar refractivity (Wildman–Crippen MR) is 82.2 cm³/mol. The van der Waals surface area contributed by atoms with Crippen molar-refractivity contribution in [1.29, 1.82) is 0 Å². The molecule has 0 aliphatic heterocycles. The number of esters is 1. The van der Waals surface area contributed by atoms with Gasteiger partial charge in [-0.2, -0.15) is 19.7 Å². The molecule has 23 heavy (non-hydrogen) atoms. The highest BCUT2D eigenvalue weighted by Crippen LogP contribution is 2.19. The molecule has 0 N–H and O–H groups in total. The highest BCUT2D eigenvalue weighted by Gasteiger charge is 2.19. The lowest BCUT2D eigenvalue weighted by Crippen LogP contribution is -2.15. The van der Waals surface area contributed by atoms with E-state index >= 15 is 0 Å². The molecule has 8 nitrogen and oxygen atoms in total. The molecule has 2 rings (SSSR count). The first-order valence-corrected chi connectivity index (χ1v) is 7.47. The van der Waals surface area contributed by atoms with E-state index in [2.05, 4.69) is 15.1 Å². The fraction of sp³-hybridized carbons (Fsp3) is 0.467. The number of ether oxygens (including phenoxy) is 3. The lowest BCUT2D eigenvalue weighted by Gasteiger charge is -2.10. The molecule has 0 saturated heterocycles. The van der Waals surface area contributed by atoms with E-state index in [1.165, 1.54) is 4.68 Å². The van der Waals surface area contributed by atoms with E-state index in [4.69, 9.17) is 14.2 Å². The standard InChI is InChI=1S/C15H20N4O4/c1-5-21-12-9-13(22-6-2)17-15(16-12)19-11(8-10(4)18-19)14(20)23-7-3/h8-9H,5-7H2,1-4H3. The lowest BCUT2D eigenvalue weighted by atomic mass is 10.4. The van der Waals surface area contributed by atoms with Crippen LogP contribution in [0.3, 0.4) is 0 Å². The van der Waals surface area contributed by atoms with E-state index in [1.54, 1.807) is 26.0 Å². The third-order valence-electron chi connectivity index (χ3n) is 2.76. The van der Waals surface area contributed by atoms with Crippen molar-refractivity contribution in [1.82, 2.24) is 19.7 Å². The van der Waals surface area contributed by atoms with Gasteiger partial charge in [0.1, 0.15) is 0 Å². The predicted octanol–water partition coefficient (Wildman–Crippen LogP) is 1.94. The zero-order valence-electron chi connectivity index (χ0n) is 13.7. The van der Waals surface area contributed by atoms with Gasteiger partial charge in [0.05, 0.1) is 31.6 Å². The number of carbonyl (C=O) groups excluding carboxylic acids is 1. The molecule has 0 saturated carbocycles. The van der Waals surface area contributed by atoms with Crippen LogP contribution in [0.5, 0.6) is 11.8 Å². The molecule has 0 amide bonds. The molecule has 2 aromatic rings. The Kier molecular flexibility index (Phi) is 5.51. The zero-order chi connectivity index (χ0) is 16.8. The molecular formula is C15H20N4O4. The van der Waals surface area contributed by atoms with Crippen LogP contribution < -0.4 is 9.47 Å². The van der Waals surface area contributed by atoms with E-state index in [9.17, 15) is 4.79 Å². The van der Waals surface area contributed by atoms with Gasteiger partial charge >= 0.3 is 5.97 Å². The van der Waals surface area contributed by atoms with E-state index in [-0.39, 0.29) is 18.2 Å². The molecule has 0 aromatic carbocycles. The quantitative estimate of drug-likeness (QED) is 0.720. The Morgan fingerprint density at radius 2 is 1.65 bits per heavy atom. The molecule has 0 bridgehead atoms. The minimum absolute atomic E-state index is 0.190. The fourth-order valence-electron chi connectivity index (χ4n) is 1.93. The van der Waals surface area contributed by atoms with Crippen LogP contribution in [-0.4, -0.2) is 45.5 Å². The largest absolute Gasteiger partial charge is 0.478 e. The van der Waals surface area contributed by atoms with Crippen LogP contribution in [0, 0.1) is 6.92 Å². The van der Waals surface area contributed by atoms with E-state index in [0.717, 1.165) is 0 Å². The maximum absolute atomic E-state index is 12.1. The van der Waals surface area contributed by atoms with Crippen molar-refractivity contribution in [3.8, 4) is 17.7 Å². The maximum Gasteiger partial charge on any atom is 0.357 e.